The van der Waals surface area contributed by atoms with Gasteiger partial charge in [-0.1, -0.05) is 6.92 Å². The molecular weight excluding hydrogens is 126 g/mol. The van der Waals surface area contributed by atoms with E-state index in [2.05, 4.69) is 18.8 Å². The fourth-order valence-corrected chi connectivity index (χ4v) is 0.499. The first kappa shape index (κ1) is 9.63. The van der Waals surface area contributed by atoms with Gasteiger partial charge < -0.3 is 4.74 Å². The van der Waals surface area contributed by atoms with Gasteiger partial charge in [0.1, 0.15) is 0 Å². The van der Waals surface area contributed by atoms with Crippen molar-refractivity contribution < 1.29 is 4.74 Å². The lowest BCUT2D eigenvalue weighted by Gasteiger charge is -1.99. The van der Waals surface area contributed by atoms with E-state index < -0.39 is 0 Å². The molecule has 0 N–H and O–H groups in total. The highest BCUT2D eigenvalue weighted by Crippen LogP contribution is 1.92. The number of hydrogen-bond donors (Lipinski definition) is 0. The molecule has 0 aliphatic heterocycles. The van der Waals surface area contributed by atoms with Crippen LogP contribution in [0.1, 0.15) is 27.2 Å². The lowest BCUT2D eigenvalue weighted by atomic mass is 10.3. The molecule has 0 saturated heterocycles. The van der Waals surface area contributed by atoms with Crippen LogP contribution in [-0.4, -0.2) is 25.5 Å². The monoisotopic (exact) mass is 143 g/mol. The van der Waals surface area contributed by atoms with Crippen molar-refractivity contribution in [2.45, 2.75) is 33.2 Å². The predicted octanol–water partition coefficient (Wildman–Crippen LogP) is 1.89. The molecule has 0 aromatic heterocycles. The van der Waals surface area contributed by atoms with Crippen LogP contribution in [0.2, 0.25) is 0 Å². The second-order valence-electron chi connectivity index (χ2n) is 2.25. The van der Waals surface area contributed by atoms with Crippen LogP contribution in [0, 0.1) is 0 Å². The zero-order valence-corrected chi connectivity index (χ0v) is 7.13. The van der Waals surface area contributed by atoms with E-state index in [1.165, 1.54) is 0 Å². The number of aliphatic imine (C=N–C) groups is 1. The molecule has 0 saturated carbocycles. The Labute approximate surface area is 63.3 Å². The molecule has 1 atom stereocenters. The molecule has 0 radical (unpaired) electrons. The van der Waals surface area contributed by atoms with Crippen molar-refractivity contribution in [1.29, 1.82) is 0 Å². The average Bonchev–Trinajstić information content (AvgIpc) is 1.98. The van der Waals surface area contributed by atoms with Crippen LogP contribution < -0.4 is 0 Å². The van der Waals surface area contributed by atoms with Crippen molar-refractivity contribution in [3.8, 4) is 0 Å². The largest absolute Gasteiger partial charge is 0.376 e. The average molecular weight is 143 g/mol. The molecule has 0 aliphatic rings. The molecule has 0 amide bonds. The molecule has 10 heavy (non-hydrogen) atoms. The molecule has 0 aromatic carbocycles. The smallest absolute Gasteiger partial charge is 0.0814 e. The maximum atomic E-state index is 5.08. The SMILES string of the molecule is CCOCC=NC(C)CC. The van der Waals surface area contributed by atoms with Gasteiger partial charge in [0.15, 0.2) is 0 Å². The molecule has 0 spiro atoms. The Kier molecular flexibility index (Phi) is 6.50. The molecule has 0 fully saturated rings. The third-order valence-electron chi connectivity index (χ3n) is 1.35. The summed E-state index contributed by atoms with van der Waals surface area (Å²) in [7, 11) is 0. The third kappa shape index (κ3) is 5.76. The van der Waals surface area contributed by atoms with Crippen molar-refractivity contribution >= 4 is 6.21 Å². The molecule has 0 aliphatic carbocycles. The van der Waals surface area contributed by atoms with Gasteiger partial charge >= 0.3 is 0 Å². The van der Waals surface area contributed by atoms with Crippen LogP contribution in [-0.2, 0) is 4.74 Å². The molecule has 1 unspecified atom stereocenters. The Hall–Kier alpha value is -0.370. The summed E-state index contributed by atoms with van der Waals surface area (Å²) in [6.07, 6.45) is 2.94. The summed E-state index contributed by atoms with van der Waals surface area (Å²) in [5.41, 5.74) is 0. The highest BCUT2D eigenvalue weighted by atomic mass is 16.5. The van der Waals surface area contributed by atoms with Gasteiger partial charge in [-0.25, -0.2) is 0 Å². The van der Waals surface area contributed by atoms with E-state index in [4.69, 9.17) is 4.74 Å². The molecule has 2 heteroatoms. The predicted molar refractivity (Wildman–Crippen MR) is 44.7 cm³/mol. The van der Waals surface area contributed by atoms with Gasteiger partial charge in [0.05, 0.1) is 6.61 Å². The minimum absolute atomic E-state index is 0.445. The van der Waals surface area contributed by atoms with Gasteiger partial charge in [-0.05, 0) is 20.3 Å². The summed E-state index contributed by atoms with van der Waals surface area (Å²) in [5.74, 6) is 0. The third-order valence-corrected chi connectivity index (χ3v) is 1.35. The molecule has 0 aromatic rings. The van der Waals surface area contributed by atoms with Crippen molar-refractivity contribution in [2.24, 2.45) is 4.99 Å². The van der Waals surface area contributed by atoms with E-state index in [1.807, 2.05) is 13.1 Å². The molecular formula is C8H17NO. The topological polar surface area (TPSA) is 21.6 Å². The molecule has 0 rings (SSSR count). The quantitative estimate of drug-likeness (QED) is 0.425. The van der Waals surface area contributed by atoms with E-state index in [-0.39, 0.29) is 0 Å². The van der Waals surface area contributed by atoms with E-state index in [0.717, 1.165) is 13.0 Å². The molecule has 2 nitrogen and oxygen atoms in total. The Balaban J connectivity index is 3.18. The second kappa shape index (κ2) is 6.75. The van der Waals surface area contributed by atoms with Gasteiger partial charge in [0.2, 0.25) is 0 Å². The van der Waals surface area contributed by atoms with E-state index in [9.17, 15) is 0 Å². The fraction of sp³-hybridized carbons (Fsp3) is 0.875. The molecule has 60 valence electrons. The van der Waals surface area contributed by atoms with E-state index in [1.54, 1.807) is 0 Å². The fourth-order valence-electron chi connectivity index (χ4n) is 0.499. The first-order chi connectivity index (χ1) is 4.81. The van der Waals surface area contributed by atoms with Crippen LogP contribution >= 0.6 is 0 Å². The summed E-state index contributed by atoms with van der Waals surface area (Å²) in [4.78, 5) is 4.23. The van der Waals surface area contributed by atoms with Gasteiger partial charge in [0, 0.05) is 18.9 Å². The van der Waals surface area contributed by atoms with Crippen LogP contribution in [0.25, 0.3) is 0 Å². The van der Waals surface area contributed by atoms with Crippen LogP contribution in [0.4, 0.5) is 0 Å². The van der Waals surface area contributed by atoms with Crippen molar-refractivity contribution in [2.75, 3.05) is 13.2 Å². The first-order valence-electron chi connectivity index (χ1n) is 3.90. The zero-order chi connectivity index (χ0) is 7.82. The number of hydrogen-bond acceptors (Lipinski definition) is 2. The number of rotatable bonds is 5. The Morgan fingerprint density at radius 2 is 2.20 bits per heavy atom. The number of ether oxygens (including phenoxy) is 1. The Bertz CT molecular complexity index is 91.3. The number of nitrogens with zero attached hydrogens (tertiary/aromatic N) is 1. The van der Waals surface area contributed by atoms with Gasteiger partial charge in [-0.2, -0.15) is 0 Å². The van der Waals surface area contributed by atoms with Gasteiger partial charge in [-0.15, -0.1) is 0 Å². The van der Waals surface area contributed by atoms with Crippen LogP contribution in [0.3, 0.4) is 0 Å². The van der Waals surface area contributed by atoms with Crippen LogP contribution in [0.5, 0.6) is 0 Å². The molecule has 0 heterocycles. The summed E-state index contributed by atoms with van der Waals surface area (Å²) < 4.78 is 5.08. The standard InChI is InChI=1S/C8H17NO/c1-4-8(3)9-6-7-10-5-2/h6,8H,4-5,7H2,1-3H3. The summed E-state index contributed by atoms with van der Waals surface area (Å²) in [6.45, 7) is 7.63. The van der Waals surface area contributed by atoms with E-state index >= 15 is 0 Å². The maximum Gasteiger partial charge on any atom is 0.0814 e. The summed E-state index contributed by atoms with van der Waals surface area (Å²) in [6, 6.07) is 0.445. The molecule has 0 bridgehead atoms. The van der Waals surface area contributed by atoms with Crippen molar-refractivity contribution in [3.63, 3.8) is 0 Å². The Morgan fingerprint density at radius 1 is 1.50 bits per heavy atom. The van der Waals surface area contributed by atoms with Gasteiger partial charge in [0.25, 0.3) is 0 Å². The minimum Gasteiger partial charge on any atom is -0.376 e. The zero-order valence-electron chi connectivity index (χ0n) is 7.13. The Morgan fingerprint density at radius 3 is 2.70 bits per heavy atom. The highest BCUT2D eigenvalue weighted by molar-refractivity contribution is 5.58. The first-order valence-corrected chi connectivity index (χ1v) is 3.90. The van der Waals surface area contributed by atoms with E-state index in [0.29, 0.717) is 12.6 Å². The van der Waals surface area contributed by atoms with Gasteiger partial charge in [-0.3, -0.25) is 4.99 Å². The maximum absolute atomic E-state index is 5.08. The summed E-state index contributed by atoms with van der Waals surface area (Å²) >= 11 is 0. The normalized spacial score (nSPS) is 14.3. The van der Waals surface area contributed by atoms with Crippen molar-refractivity contribution in [3.05, 3.63) is 0 Å². The minimum atomic E-state index is 0.445. The second-order valence-corrected chi connectivity index (χ2v) is 2.25. The van der Waals surface area contributed by atoms with Crippen molar-refractivity contribution in [1.82, 2.24) is 0 Å². The lowest BCUT2D eigenvalue weighted by Crippen LogP contribution is -1.99. The lowest BCUT2D eigenvalue weighted by molar-refractivity contribution is 0.189. The van der Waals surface area contributed by atoms with Crippen LogP contribution in [0.15, 0.2) is 4.99 Å². The highest BCUT2D eigenvalue weighted by Gasteiger charge is 1.89. The summed E-state index contributed by atoms with van der Waals surface area (Å²) in [5, 5.41) is 0.